The summed E-state index contributed by atoms with van der Waals surface area (Å²) in [5.74, 6) is 0.866. The smallest absolute Gasteiger partial charge is 0.416 e. The molecule has 7 nitrogen and oxygen atoms in total. The highest BCUT2D eigenvalue weighted by Gasteiger charge is 2.46. The average Bonchev–Trinajstić information content (AvgIpc) is 3.37. The van der Waals surface area contributed by atoms with Crippen LogP contribution in [0.2, 0.25) is 0 Å². The molecule has 0 fully saturated rings. The largest absolute Gasteiger partial charge is 0.452 e. The number of alkyl halides is 3. The van der Waals surface area contributed by atoms with Gasteiger partial charge in [0.1, 0.15) is 5.76 Å². The lowest BCUT2D eigenvalue weighted by molar-refractivity contribution is -0.764. The van der Waals surface area contributed by atoms with E-state index in [1.807, 2.05) is 0 Å². The van der Waals surface area contributed by atoms with Crippen molar-refractivity contribution in [3.63, 3.8) is 0 Å². The molecule has 0 radical (unpaired) electrons. The second-order valence-corrected chi connectivity index (χ2v) is 9.90. The second-order valence-electron chi connectivity index (χ2n) is 8.81. The summed E-state index contributed by atoms with van der Waals surface area (Å²) in [6.07, 6.45) is -3.56. The van der Waals surface area contributed by atoms with E-state index in [0.29, 0.717) is 16.4 Å². The van der Waals surface area contributed by atoms with Crippen LogP contribution >= 0.6 is 11.8 Å². The Morgan fingerprint density at radius 2 is 1.95 bits per heavy atom. The fraction of sp³-hybridized carbons (Fsp3) is 0.259. The molecule has 5 rings (SSSR count). The van der Waals surface area contributed by atoms with Crippen molar-refractivity contribution in [2.24, 2.45) is 0 Å². The van der Waals surface area contributed by atoms with Gasteiger partial charge in [0.15, 0.2) is 5.76 Å². The summed E-state index contributed by atoms with van der Waals surface area (Å²) in [6.45, 7) is 3.46. The van der Waals surface area contributed by atoms with Gasteiger partial charge in [-0.05, 0) is 47.5 Å². The summed E-state index contributed by atoms with van der Waals surface area (Å²) in [5.41, 5.74) is 0.343. The lowest BCUT2D eigenvalue weighted by atomic mass is 10.0. The van der Waals surface area contributed by atoms with Crippen LogP contribution in [-0.2, 0) is 11.0 Å². The maximum absolute atomic E-state index is 13.3. The Balaban J connectivity index is 1.67. The highest BCUT2D eigenvalue weighted by molar-refractivity contribution is 7.99. The topological polar surface area (TPSA) is 83.1 Å². The minimum atomic E-state index is -4.50. The molecule has 3 heterocycles. The normalized spacial score (nSPS) is 14.8. The number of amides is 1. The van der Waals surface area contributed by atoms with Crippen LogP contribution < -0.4 is 15.1 Å². The number of hydrogen-bond donors (Lipinski definition) is 1. The summed E-state index contributed by atoms with van der Waals surface area (Å²) in [4.78, 5) is 30.6. The molecule has 2 aromatic heterocycles. The quantitative estimate of drug-likeness (QED) is 0.189. The first-order chi connectivity index (χ1) is 18.2. The number of carbonyl (C=O) groups is 1. The number of carbonyl (C=O) groups excluding carboxylic acids is 1. The molecule has 1 atom stereocenters. The second kappa shape index (κ2) is 10.1. The molecule has 11 heteroatoms. The van der Waals surface area contributed by atoms with Crippen molar-refractivity contribution < 1.29 is 27.1 Å². The van der Waals surface area contributed by atoms with E-state index in [1.54, 1.807) is 36.4 Å². The first-order valence-electron chi connectivity index (χ1n) is 12.0. The number of hydrogen-bond acceptors (Lipinski definition) is 5. The van der Waals surface area contributed by atoms with Crippen molar-refractivity contribution in [2.75, 3.05) is 10.7 Å². The van der Waals surface area contributed by atoms with Crippen molar-refractivity contribution in [3.05, 3.63) is 82.3 Å². The highest BCUT2D eigenvalue weighted by Crippen LogP contribution is 2.39. The molecular formula is C27H24F3N4O3S+. The van der Waals surface area contributed by atoms with Crippen LogP contribution in [0.25, 0.3) is 22.6 Å². The first-order valence-corrected chi connectivity index (χ1v) is 13.0. The lowest BCUT2D eigenvalue weighted by Crippen LogP contribution is -2.60. The number of nitrogens with one attached hydrogen (secondary N) is 1. The molecule has 0 saturated carbocycles. The summed E-state index contributed by atoms with van der Waals surface area (Å²) < 4.78 is 47.4. The van der Waals surface area contributed by atoms with Crippen LogP contribution in [-0.4, -0.2) is 21.7 Å². The number of thioether (sulfide) groups is 1. The van der Waals surface area contributed by atoms with Gasteiger partial charge in [-0.1, -0.05) is 49.4 Å². The fourth-order valence-electron chi connectivity index (χ4n) is 4.44. The number of anilines is 1. The van der Waals surface area contributed by atoms with Crippen LogP contribution in [0.5, 0.6) is 0 Å². The van der Waals surface area contributed by atoms with E-state index in [-0.39, 0.29) is 34.2 Å². The zero-order valence-electron chi connectivity index (χ0n) is 20.6. The highest BCUT2D eigenvalue weighted by atomic mass is 32.2. The van der Waals surface area contributed by atoms with Gasteiger partial charge in [0.25, 0.3) is 0 Å². The number of para-hydroxylation sites is 1. The summed E-state index contributed by atoms with van der Waals surface area (Å²) in [7, 11) is 0. The van der Waals surface area contributed by atoms with Gasteiger partial charge < -0.3 is 4.42 Å². The van der Waals surface area contributed by atoms with Gasteiger partial charge in [-0.3, -0.25) is 14.6 Å². The number of furan rings is 1. The Morgan fingerprint density at radius 3 is 2.68 bits per heavy atom. The number of H-pyrrole nitrogens is 1. The van der Waals surface area contributed by atoms with E-state index < -0.39 is 17.9 Å². The number of aromatic amines is 1. The minimum absolute atomic E-state index is 0.193. The first kappa shape index (κ1) is 25.8. The van der Waals surface area contributed by atoms with E-state index in [2.05, 4.69) is 17.0 Å². The molecule has 196 valence electrons. The van der Waals surface area contributed by atoms with E-state index in [4.69, 9.17) is 4.42 Å². The van der Waals surface area contributed by atoms with Crippen molar-refractivity contribution in [3.8, 4) is 22.6 Å². The fourth-order valence-corrected chi connectivity index (χ4v) is 5.38. The van der Waals surface area contributed by atoms with Gasteiger partial charge >= 0.3 is 23.6 Å². The number of nitrogens with zero attached hydrogens (tertiary/aromatic N) is 3. The molecule has 0 bridgehead atoms. The average molecular weight is 542 g/mol. The van der Waals surface area contributed by atoms with E-state index >= 15 is 0 Å². The third-order valence-electron chi connectivity index (χ3n) is 6.19. The van der Waals surface area contributed by atoms with E-state index in [0.717, 1.165) is 30.7 Å². The number of benzene rings is 2. The molecule has 0 unspecified atom stereocenters. The molecule has 1 aliphatic heterocycles. The number of fused-ring (bicyclic) bond motifs is 3. The van der Waals surface area contributed by atoms with Crippen LogP contribution in [0.15, 0.2) is 75.0 Å². The maximum Gasteiger partial charge on any atom is 0.416 e. The van der Waals surface area contributed by atoms with Gasteiger partial charge in [-0.2, -0.15) is 13.2 Å². The van der Waals surface area contributed by atoms with E-state index in [9.17, 15) is 22.8 Å². The monoisotopic (exact) mass is 541 g/mol. The molecule has 0 saturated heterocycles. The Kier molecular flexibility index (Phi) is 6.87. The summed E-state index contributed by atoms with van der Waals surface area (Å²) in [6, 6.07) is 15.0. The number of aromatic nitrogens is 3. The number of unbranched alkanes of at least 4 members (excludes halogenated alkanes) is 1. The van der Waals surface area contributed by atoms with Gasteiger partial charge in [-0.15, -0.1) is 0 Å². The molecule has 1 N–H and O–H groups in total. The Labute approximate surface area is 220 Å². The zero-order chi connectivity index (χ0) is 27.0. The SMILES string of the molecule is CCCCSc1n[n+]2c(c(=O)[nH]1)-c1ccccc1N(C(C)=O)[C@@H]2c1ccc(-c2cccc(C(F)(F)F)c2)o1. The standard InChI is InChI=1S/C27H23F3N4O3S/c1-3-4-14-38-26-31-24(36)23-19-10-5-6-11-20(19)33(16(2)35)25(34(23)32-26)22-13-12-21(37-22)17-8-7-9-18(15-17)27(28,29)30/h5-13,15,25H,3-4,14H2,1-2H3/p+1/t25-/m0/s1. The van der Waals surface area contributed by atoms with Crippen LogP contribution in [0.1, 0.15) is 44.2 Å². The Hall–Kier alpha value is -3.86. The van der Waals surface area contributed by atoms with Crippen LogP contribution in [0.3, 0.4) is 0 Å². The zero-order valence-corrected chi connectivity index (χ0v) is 21.4. The molecule has 1 aliphatic rings. The summed E-state index contributed by atoms with van der Waals surface area (Å²) >= 11 is 1.40. The third-order valence-corrected chi connectivity index (χ3v) is 7.14. The van der Waals surface area contributed by atoms with E-state index in [1.165, 1.54) is 40.4 Å². The molecule has 2 aromatic carbocycles. The molecule has 38 heavy (non-hydrogen) atoms. The maximum atomic E-state index is 13.3. The van der Waals surface area contributed by atoms with Crippen molar-refractivity contribution in [1.82, 2.24) is 10.1 Å². The molecule has 4 aromatic rings. The number of halogens is 3. The van der Waals surface area contributed by atoms with Gasteiger partial charge in [0, 0.05) is 23.3 Å². The predicted molar refractivity (Wildman–Crippen MR) is 137 cm³/mol. The number of rotatable bonds is 6. The van der Waals surface area contributed by atoms with Gasteiger partial charge in [-0.25, -0.2) is 4.90 Å². The minimum Gasteiger partial charge on any atom is -0.452 e. The Bertz CT molecular complexity index is 1560. The van der Waals surface area contributed by atoms with Crippen molar-refractivity contribution in [2.45, 2.75) is 44.2 Å². The van der Waals surface area contributed by atoms with Crippen LogP contribution in [0.4, 0.5) is 18.9 Å². The van der Waals surface area contributed by atoms with Gasteiger partial charge in [0.05, 0.1) is 16.8 Å². The molecule has 1 amide bonds. The molecule has 0 aliphatic carbocycles. The van der Waals surface area contributed by atoms with Crippen molar-refractivity contribution in [1.29, 1.82) is 0 Å². The van der Waals surface area contributed by atoms with Gasteiger partial charge in [0.2, 0.25) is 11.1 Å². The summed E-state index contributed by atoms with van der Waals surface area (Å²) in [5, 5.41) is 5.08. The van der Waals surface area contributed by atoms with Crippen LogP contribution in [0, 0.1) is 0 Å². The molecule has 0 spiro atoms. The lowest BCUT2D eigenvalue weighted by Gasteiger charge is -2.30. The molecular weight excluding hydrogens is 517 g/mol. The predicted octanol–water partition coefficient (Wildman–Crippen LogP) is 5.81. The van der Waals surface area contributed by atoms with Crippen molar-refractivity contribution >= 4 is 23.4 Å². The Morgan fingerprint density at radius 1 is 1.16 bits per heavy atom. The third kappa shape index (κ3) is 4.73.